The zero-order chi connectivity index (χ0) is 15.6. The molecule has 0 radical (unpaired) electrons. The molecular formula is C11H15N9. The molecule has 0 aromatic carbocycles. The molecule has 0 heterocycles. The van der Waals surface area contributed by atoms with Crippen LogP contribution in [-0.4, -0.2) is 5.54 Å². The van der Waals surface area contributed by atoms with Crippen LogP contribution in [0.3, 0.4) is 0 Å². The summed E-state index contributed by atoms with van der Waals surface area (Å²) in [5.41, 5.74) is 26.6. The number of rotatable bonds is 3. The molecule has 0 aromatic heterocycles. The Balaban J connectivity index is 3.90. The first-order valence-electron chi connectivity index (χ1n) is 5.87. The minimum atomic E-state index is -0.992. The Morgan fingerprint density at radius 1 is 0.900 bits per heavy atom. The van der Waals surface area contributed by atoms with Gasteiger partial charge in [-0.1, -0.05) is 34.8 Å². The fourth-order valence-electron chi connectivity index (χ4n) is 2.52. The Bertz CT molecular complexity index is 649. The lowest BCUT2D eigenvalue weighted by molar-refractivity contribution is 0.258. The molecule has 0 amide bonds. The van der Waals surface area contributed by atoms with E-state index in [0.29, 0.717) is 22.5 Å². The van der Waals surface area contributed by atoms with Crippen LogP contribution in [0.2, 0.25) is 0 Å². The normalized spacial score (nSPS) is 24.4. The summed E-state index contributed by atoms with van der Waals surface area (Å²) >= 11 is 0. The Kier molecular flexibility index (Phi) is 4.01. The van der Waals surface area contributed by atoms with Crippen LogP contribution in [0.1, 0.15) is 34.6 Å². The molecule has 0 fully saturated rings. The second-order valence-electron chi connectivity index (χ2n) is 5.21. The van der Waals surface area contributed by atoms with Crippen LogP contribution >= 0.6 is 0 Å². The molecule has 0 aliphatic heterocycles. The van der Waals surface area contributed by atoms with Crippen molar-refractivity contribution in [2.45, 2.75) is 40.2 Å². The van der Waals surface area contributed by atoms with E-state index in [1.807, 2.05) is 13.8 Å². The van der Waals surface area contributed by atoms with E-state index < -0.39 is 11.0 Å². The van der Waals surface area contributed by atoms with E-state index in [-0.39, 0.29) is 0 Å². The van der Waals surface area contributed by atoms with Crippen LogP contribution in [0.4, 0.5) is 0 Å². The highest BCUT2D eigenvalue weighted by Crippen LogP contribution is 2.52. The number of allylic oxidation sites excluding steroid dienone is 1. The Labute approximate surface area is 115 Å². The average Bonchev–Trinajstić information content (AvgIpc) is 2.39. The van der Waals surface area contributed by atoms with E-state index in [4.69, 9.17) is 16.6 Å². The third-order valence-electron chi connectivity index (χ3n) is 4.14. The van der Waals surface area contributed by atoms with Gasteiger partial charge in [-0.05, 0) is 42.9 Å². The van der Waals surface area contributed by atoms with Gasteiger partial charge in [-0.15, -0.1) is 0 Å². The zero-order valence-corrected chi connectivity index (χ0v) is 12.0. The average molecular weight is 273 g/mol. The standard InChI is InChI=1S/C11H15N9/c1-6-8(15-18-12)7(2)11(5,17-20-14)10(3,4)9(6)16-19-13/h1-5H3. The first-order valence-corrected chi connectivity index (χ1v) is 5.87. The summed E-state index contributed by atoms with van der Waals surface area (Å²) in [4.78, 5) is 8.51. The van der Waals surface area contributed by atoms with Gasteiger partial charge in [0.15, 0.2) is 0 Å². The maximum Gasteiger partial charge on any atom is 0.0764 e. The molecular weight excluding hydrogens is 258 g/mol. The van der Waals surface area contributed by atoms with E-state index in [1.54, 1.807) is 20.8 Å². The van der Waals surface area contributed by atoms with Crippen molar-refractivity contribution in [3.8, 4) is 0 Å². The summed E-state index contributed by atoms with van der Waals surface area (Å²) in [6.45, 7) is 8.84. The predicted octanol–water partition coefficient (Wildman–Crippen LogP) is 5.26. The molecule has 104 valence electrons. The smallest absolute Gasteiger partial charge is 0.0764 e. The first kappa shape index (κ1) is 15.5. The Morgan fingerprint density at radius 2 is 1.45 bits per heavy atom. The van der Waals surface area contributed by atoms with Crippen molar-refractivity contribution in [3.63, 3.8) is 0 Å². The highest BCUT2D eigenvalue weighted by atomic mass is 15.2. The van der Waals surface area contributed by atoms with Gasteiger partial charge in [-0.3, -0.25) is 0 Å². The second-order valence-corrected chi connectivity index (χ2v) is 5.21. The topological polar surface area (TPSA) is 146 Å². The molecule has 1 aliphatic rings. The maximum absolute atomic E-state index is 8.84. The summed E-state index contributed by atoms with van der Waals surface area (Å²) < 4.78 is 0. The van der Waals surface area contributed by atoms with Gasteiger partial charge in [0.05, 0.1) is 5.54 Å². The summed E-state index contributed by atoms with van der Waals surface area (Å²) in [5.74, 6) is 0. The maximum atomic E-state index is 8.84. The fraction of sp³-hybridized carbons (Fsp3) is 0.636. The minimum absolute atomic E-state index is 0.351. The van der Waals surface area contributed by atoms with Gasteiger partial charge in [-0.2, -0.15) is 0 Å². The Hall–Kier alpha value is -2.59. The van der Waals surface area contributed by atoms with Crippen molar-refractivity contribution in [3.05, 3.63) is 53.9 Å². The highest BCUT2D eigenvalue weighted by Gasteiger charge is 2.48. The lowest BCUT2D eigenvalue weighted by atomic mass is 9.63. The molecule has 0 saturated heterocycles. The van der Waals surface area contributed by atoms with Gasteiger partial charge in [-0.25, -0.2) is 0 Å². The highest BCUT2D eigenvalue weighted by molar-refractivity contribution is 5.49. The second kappa shape index (κ2) is 5.19. The van der Waals surface area contributed by atoms with Crippen LogP contribution in [0.5, 0.6) is 0 Å². The molecule has 9 nitrogen and oxygen atoms in total. The van der Waals surface area contributed by atoms with Crippen molar-refractivity contribution >= 4 is 0 Å². The molecule has 9 heteroatoms. The van der Waals surface area contributed by atoms with Gasteiger partial charge < -0.3 is 0 Å². The lowest BCUT2D eigenvalue weighted by Gasteiger charge is -2.46. The van der Waals surface area contributed by atoms with E-state index in [2.05, 4.69) is 30.1 Å². The molecule has 1 atom stereocenters. The summed E-state index contributed by atoms with van der Waals surface area (Å²) in [6.07, 6.45) is 0. The molecule has 0 aromatic rings. The molecule has 0 spiro atoms. The number of hydrogen-bond acceptors (Lipinski definition) is 3. The van der Waals surface area contributed by atoms with Gasteiger partial charge >= 0.3 is 0 Å². The van der Waals surface area contributed by atoms with E-state index in [1.165, 1.54) is 0 Å². The van der Waals surface area contributed by atoms with Crippen molar-refractivity contribution in [1.29, 1.82) is 0 Å². The van der Waals surface area contributed by atoms with E-state index in [9.17, 15) is 0 Å². The van der Waals surface area contributed by atoms with Gasteiger partial charge in [0.2, 0.25) is 0 Å². The molecule has 0 saturated carbocycles. The molecule has 1 aliphatic carbocycles. The Morgan fingerprint density at radius 3 is 1.90 bits per heavy atom. The van der Waals surface area contributed by atoms with E-state index in [0.717, 1.165) is 0 Å². The van der Waals surface area contributed by atoms with E-state index >= 15 is 0 Å². The quantitative estimate of drug-likeness (QED) is 0.374. The number of azide groups is 3. The fourth-order valence-corrected chi connectivity index (χ4v) is 2.52. The molecule has 1 unspecified atom stereocenters. The SMILES string of the molecule is CC1=C(N=[N+]=[N-])C(C)(C)C(C)(N=[N+]=[N-])C(C)=C1N=[N+]=[N-]. The van der Waals surface area contributed by atoms with Crippen molar-refractivity contribution in [1.82, 2.24) is 0 Å². The third-order valence-corrected chi connectivity index (χ3v) is 4.14. The monoisotopic (exact) mass is 273 g/mol. The van der Waals surface area contributed by atoms with Crippen molar-refractivity contribution < 1.29 is 0 Å². The lowest BCUT2D eigenvalue weighted by Crippen LogP contribution is -2.45. The molecule has 1 rings (SSSR count). The largest absolute Gasteiger partial charge is 0.0823 e. The van der Waals surface area contributed by atoms with Crippen molar-refractivity contribution in [2.24, 2.45) is 20.8 Å². The van der Waals surface area contributed by atoms with Crippen LogP contribution < -0.4 is 0 Å². The van der Waals surface area contributed by atoms with Crippen molar-refractivity contribution in [2.75, 3.05) is 0 Å². The van der Waals surface area contributed by atoms with Gasteiger partial charge in [0.25, 0.3) is 0 Å². The predicted molar refractivity (Wildman–Crippen MR) is 75.0 cm³/mol. The number of hydrogen-bond donors (Lipinski definition) is 0. The summed E-state index contributed by atoms with van der Waals surface area (Å²) in [6, 6.07) is 0. The number of nitrogens with zero attached hydrogens (tertiary/aromatic N) is 9. The molecule has 0 bridgehead atoms. The minimum Gasteiger partial charge on any atom is -0.0823 e. The van der Waals surface area contributed by atoms with Crippen LogP contribution in [0.15, 0.2) is 37.9 Å². The van der Waals surface area contributed by atoms with Gasteiger partial charge in [0, 0.05) is 31.5 Å². The zero-order valence-electron chi connectivity index (χ0n) is 12.0. The third kappa shape index (κ3) is 1.96. The first-order chi connectivity index (χ1) is 9.27. The van der Waals surface area contributed by atoms with Gasteiger partial charge in [0.1, 0.15) is 0 Å². The molecule has 20 heavy (non-hydrogen) atoms. The summed E-state index contributed by atoms with van der Waals surface area (Å²) in [5, 5.41) is 11.2. The van der Waals surface area contributed by atoms with Crippen LogP contribution in [0, 0.1) is 5.41 Å². The summed E-state index contributed by atoms with van der Waals surface area (Å²) in [7, 11) is 0. The van der Waals surface area contributed by atoms with Crippen LogP contribution in [0.25, 0.3) is 31.3 Å². The van der Waals surface area contributed by atoms with Crippen LogP contribution in [-0.2, 0) is 0 Å². The molecule has 0 N–H and O–H groups in total.